The van der Waals surface area contributed by atoms with Crippen molar-refractivity contribution in [1.82, 2.24) is 9.97 Å². The van der Waals surface area contributed by atoms with Gasteiger partial charge in [0.1, 0.15) is 11.2 Å². The lowest BCUT2D eigenvalue weighted by Crippen LogP contribution is -2.23. The number of imidazole rings is 1. The molecule has 0 bridgehead atoms. The fourth-order valence-corrected chi connectivity index (χ4v) is 0.960. The third-order valence-electron chi connectivity index (χ3n) is 1.37. The van der Waals surface area contributed by atoms with Gasteiger partial charge in [-0.25, -0.2) is 4.98 Å². The first-order chi connectivity index (χ1) is 5.86. The van der Waals surface area contributed by atoms with Crippen LogP contribution in [0.4, 0.5) is 0 Å². The number of hydrogen-bond acceptors (Lipinski definition) is 1. The van der Waals surface area contributed by atoms with E-state index < -0.39 is 0 Å². The van der Waals surface area contributed by atoms with Crippen molar-refractivity contribution < 1.29 is 1.43 Å². The lowest BCUT2D eigenvalue weighted by Gasteiger charge is -1.72. The zero-order valence-electron chi connectivity index (χ0n) is 7.60. The van der Waals surface area contributed by atoms with Crippen molar-refractivity contribution in [3.8, 4) is 0 Å². The van der Waals surface area contributed by atoms with E-state index in [1.165, 1.54) is 0 Å². The summed E-state index contributed by atoms with van der Waals surface area (Å²) in [5.74, 6) is 0.922. The number of fused-ring (bicyclic) bond motifs is 1. The van der Waals surface area contributed by atoms with Crippen LogP contribution in [-0.4, -0.2) is 9.97 Å². The lowest BCUT2D eigenvalue weighted by atomic mass is 10.4. The zero-order chi connectivity index (χ0) is 8.97. The standard InChI is InChI=1S/C8H6N2.C2H6.H2/c1-6-9-7-4-2-3-5-8(7)10-6;1-2;/h2,4H,1H3,(H,9,10);1-2H3;1H. The van der Waals surface area contributed by atoms with Gasteiger partial charge in [0.2, 0.25) is 0 Å². The number of rotatable bonds is 0. The normalized spacial score (nSPS) is 10.6. The average Bonchev–Trinajstić information content (AvgIpc) is 2.48. The van der Waals surface area contributed by atoms with E-state index in [1.54, 1.807) is 0 Å². The summed E-state index contributed by atoms with van der Waals surface area (Å²) in [6, 6.07) is 0. The Morgan fingerprint density at radius 3 is 2.92 bits per heavy atom. The summed E-state index contributed by atoms with van der Waals surface area (Å²) < 4.78 is 0. The Kier molecular flexibility index (Phi) is 2.71. The molecular weight excluding hydrogens is 148 g/mol. The minimum atomic E-state index is 0. The fraction of sp³-hybridized carbons (Fsp3) is 0.300. The first-order valence-corrected chi connectivity index (χ1v) is 4.11. The molecule has 0 aromatic carbocycles. The van der Waals surface area contributed by atoms with E-state index in [1.807, 2.05) is 32.9 Å². The number of nitrogens with one attached hydrogen (secondary N) is 1. The van der Waals surface area contributed by atoms with E-state index in [9.17, 15) is 0 Å². The highest BCUT2D eigenvalue weighted by Gasteiger charge is 1.90. The predicted molar refractivity (Wildman–Crippen MR) is 52.0 cm³/mol. The minimum Gasteiger partial charge on any atom is -0.335 e. The van der Waals surface area contributed by atoms with Crippen LogP contribution in [0.1, 0.15) is 21.1 Å². The summed E-state index contributed by atoms with van der Waals surface area (Å²) in [6.45, 7) is 5.92. The van der Waals surface area contributed by atoms with E-state index in [4.69, 9.17) is 0 Å². The van der Waals surface area contributed by atoms with E-state index in [0.717, 1.165) is 16.5 Å². The van der Waals surface area contributed by atoms with E-state index >= 15 is 0 Å². The molecule has 0 saturated carbocycles. The Morgan fingerprint density at radius 1 is 1.50 bits per heavy atom. The third kappa shape index (κ3) is 1.57. The van der Waals surface area contributed by atoms with Crippen LogP contribution in [-0.2, 0) is 0 Å². The molecule has 1 aliphatic rings. The average molecular weight is 162 g/mol. The summed E-state index contributed by atoms with van der Waals surface area (Å²) in [7, 11) is 0. The predicted octanol–water partition coefficient (Wildman–Crippen LogP) is 0.875. The van der Waals surface area contributed by atoms with Gasteiger partial charge in [-0.3, -0.25) is 0 Å². The molecule has 0 aliphatic heterocycles. The molecule has 1 N–H and O–H groups in total. The molecular formula is C10H14N2. The van der Waals surface area contributed by atoms with Crippen molar-refractivity contribution >= 4 is 11.8 Å². The first kappa shape index (κ1) is 8.61. The van der Waals surface area contributed by atoms with Crippen LogP contribution >= 0.6 is 0 Å². The number of allylic oxidation sites excluding steroid dienone is 1. The van der Waals surface area contributed by atoms with Crippen molar-refractivity contribution in [3.63, 3.8) is 0 Å². The maximum Gasteiger partial charge on any atom is 0.117 e. The number of aryl methyl sites for hydroxylation is 1. The molecule has 0 unspecified atom stereocenters. The van der Waals surface area contributed by atoms with Crippen molar-refractivity contribution in [2.24, 2.45) is 0 Å². The lowest BCUT2D eigenvalue weighted by molar-refractivity contribution is 1.13. The summed E-state index contributed by atoms with van der Waals surface area (Å²) in [5, 5.41) is 1.89. The molecule has 2 rings (SSSR count). The monoisotopic (exact) mass is 162 g/mol. The molecule has 0 spiro atoms. The zero-order valence-corrected chi connectivity index (χ0v) is 7.60. The molecule has 1 heterocycles. The van der Waals surface area contributed by atoms with Crippen LogP contribution in [0, 0.1) is 6.92 Å². The maximum atomic E-state index is 4.21. The molecule has 12 heavy (non-hydrogen) atoms. The summed E-state index contributed by atoms with van der Waals surface area (Å²) in [6.07, 6.45) is 3.72. The molecule has 0 atom stereocenters. The quantitative estimate of drug-likeness (QED) is 0.563. The maximum absolute atomic E-state index is 4.21. The van der Waals surface area contributed by atoms with Crippen LogP contribution in [0.2, 0.25) is 0 Å². The first-order valence-electron chi connectivity index (χ1n) is 4.11. The molecule has 0 amide bonds. The third-order valence-corrected chi connectivity index (χ3v) is 1.37. The molecule has 0 radical (unpaired) electrons. The van der Waals surface area contributed by atoms with Crippen molar-refractivity contribution in [3.05, 3.63) is 28.3 Å². The highest BCUT2D eigenvalue weighted by Crippen LogP contribution is 1.75. The second-order valence-electron chi connectivity index (χ2n) is 2.19. The van der Waals surface area contributed by atoms with Gasteiger partial charge in [-0.2, -0.15) is 0 Å². The molecule has 1 aromatic rings. The Labute approximate surface area is 73.1 Å². The molecule has 1 aliphatic carbocycles. The van der Waals surface area contributed by atoms with Crippen molar-refractivity contribution in [2.45, 2.75) is 20.8 Å². The van der Waals surface area contributed by atoms with Gasteiger partial charge >= 0.3 is 0 Å². The van der Waals surface area contributed by atoms with Gasteiger partial charge in [-0.05, 0) is 24.8 Å². The van der Waals surface area contributed by atoms with Gasteiger partial charge in [0.25, 0.3) is 0 Å². The van der Waals surface area contributed by atoms with Gasteiger partial charge in [-0.15, -0.1) is 0 Å². The molecule has 64 valence electrons. The smallest absolute Gasteiger partial charge is 0.117 e. The summed E-state index contributed by atoms with van der Waals surface area (Å²) in [5.41, 5.74) is 5.78. The Balaban J connectivity index is 0.000000451. The second-order valence-corrected chi connectivity index (χ2v) is 2.19. The number of nitrogens with zero attached hydrogens (tertiary/aromatic N) is 1. The summed E-state index contributed by atoms with van der Waals surface area (Å²) in [4.78, 5) is 7.27. The highest BCUT2D eigenvalue weighted by molar-refractivity contribution is 5.40. The second kappa shape index (κ2) is 3.77. The summed E-state index contributed by atoms with van der Waals surface area (Å²) >= 11 is 0. The van der Waals surface area contributed by atoms with Crippen LogP contribution in [0.3, 0.4) is 0 Å². The molecule has 0 saturated heterocycles. The molecule has 1 aromatic heterocycles. The highest BCUT2D eigenvalue weighted by atomic mass is 14.9. The van der Waals surface area contributed by atoms with Crippen LogP contribution in [0.5, 0.6) is 0 Å². The van der Waals surface area contributed by atoms with Crippen molar-refractivity contribution in [2.75, 3.05) is 0 Å². The SMILES string of the molecule is CC.Cc1nc2c([nH]1)=C=C=CC=2.[HH]. The Morgan fingerprint density at radius 2 is 2.25 bits per heavy atom. The van der Waals surface area contributed by atoms with E-state index in [-0.39, 0.29) is 1.43 Å². The van der Waals surface area contributed by atoms with E-state index in [0.29, 0.717) is 0 Å². The van der Waals surface area contributed by atoms with Gasteiger partial charge in [0.05, 0.1) is 5.35 Å². The largest absolute Gasteiger partial charge is 0.335 e. The Hall–Kier alpha value is -1.49. The molecule has 2 heteroatoms. The van der Waals surface area contributed by atoms with Crippen LogP contribution < -0.4 is 10.7 Å². The number of hydrogen-bond donors (Lipinski definition) is 1. The number of aromatic nitrogens is 2. The van der Waals surface area contributed by atoms with Crippen molar-refractivity contribution in [1.29, 1.82) is 0 Å². The minimum absolute atomic E-state index is 0. The van der Waals surface area contributed by atoms with E-state index in [2.05, 4.69) is 21.4 Å². The van der Waals surface area contributed by atoms with Crippen LogP contribution in [0.15, 0.2) is 11.8 Å². The molecule has 2 nitrogen and oxygen atoms in total. The topological polar surface area (TPSA) is 28.7 Å². The molecule has 0 fully saturated rings. The van der Waals surface area contributed by atoms with Gasteiger partial charge in [-0.1, -0.05) is 19.6 Å². The Bertz CT molecular complexity index is 444. The number of aromatic amines is 1. The van der Waals surface area contributed by atoms with Gasteiger partial charge in [0, 0.05) is 1.43 Å². The number of H-pyrrole nitrogens is 1. The van der Waals surface area contributed by atoms with Gasteiger partial charge in [0.15, 0.2) is 0 Å². The van der Waals surface area contributed by atoms with Crippen LogP contribution in [0.25, 0.3) is 11.8 Å². The van der Waals surface area contributed by atoms with Gasteiger partial charge < -0.3 is 4.98 Å². The fourth-order valence-electron chi connectivity index (χ4n) is 0.960.